The molecule has 0 saturated carbocycles. The van der Waals surface area contributed by atoms with Crippen LogP contribution in [0, 0.1) is 0 Å². The largest absolute Gasteiger partial charge is 0.443 e. The Hall–Kier alpha value is -1.56. The molecule has 0 atom stereocenters. The molecule has 1 amide bonds. The van der Waals surface area contributed by atoms with Gasteiger partial charge in [0.15, 0.2) is 5.15 Å². The number of aryl methyl sites for hydroxylation is 1. The van der Waals surface area contributed by atoms with Crippen molar-refractivity contribution in [2.24, 2.45) is 7.05 Å². The standard InChI is InChI=1S/C11H16ClN3O3/c1-11(2,3)18-10(17)14(4)8-6-7(16)9(12)13-15(8)5/h6H,1-5H3. The molecule has 0 aliphatic rings. The number of halogens is 1. The lowest BCUT2D eigenvalue weighted by Gasteiger charge is -2.25. The summed E-state index contributed by atoms with van der Waals surface area (Å²) in [5.74, 6) is 0.304. The molecule has 0 aliphatic carbocycles. The average Bonchev–Trinajstić information content (AvgIpc) is 2.20. The number of ether oxygens (including phenoxy) is 1. The molecule has 18 heavy (non-hydrogen) atoms. The highest BCUT2D eigenvalue weighted by Gasteiger charge is 2.22. The van der Waals surface area contributed by atoms with E-state index in [-0.39, 0.29) is 5.15 Å². The fourth-order valence-electron chi connectivity index (χ4n) is 1.24. The van der Waals surface area contributed by atoms with Gasteiger partial charge in [-0.1, -0.05) is 11.6 Å². The zero-order valence-electron chi connectivity index (χ0n) is 11.0. The van der Waals surface area contributed by atoms with Gasteiger partial charge in [0.05, 0.1) is 0 Å². The molecule has 7 heteroatoms. The lowest BCUT2D eigenvalue weighted by molar-refractivity contribution is 0.0587. The third-order valence-corrected chi connectivity index (χ3v) is 2.31. The van der Waals surface area contributed by atoms with Crippen LogP contribution in [-0.2, 0) is 11.8 Å². The van der Waals surface area contributed by atoms with Gasteiger partial charge in [-0.25, -0.2) is 4.79 Å². The van der Waals surface area contributed by atoms with E-state index in [0.29, 0.717) is 5.82 Å². The topological polar surface area (TPSA) is 64.4 Å². The molecule has 1 aromatic rings. The van der Waals surface area contributed by atoms with Crippen LogP contribution in [0.5, 0.6) is 0 Å². The van der Waals surface area contributed by atoms with Crippen LogP contribution in [-0.4, -0.2) is 28.5 Å². The lowest BCUT2D eigenvalue weighted by atomic mass is 10.2. The predicted molar refractivity (Wildman–Crippen MR) is 69.1 cm³/mol. The number of hydrogen-bond donors (Lipinski definition) is 0. The van der Waals surface area contributed by atoms with Crippen LogP contribution in [0.3, 0.4) is 0 Å². The SMILES string of the molecule is CN(C(=O)OC(C)(C)C)c1cc(=O)c(Cl)nn1C. The van der Waals surface area contributed by atoms with E-state index < -0.39 is 17.1 Å². The summed E-state index contributed by atoms with van der Waals surface area (Å²) >= 11 is 5.60. The van der Waals surface area contributed by atoms with Gasteiger partial charge in [-0.05, 0) is 20.8 Å². The fraction of sp³-hybridized carbons (Fsp3) is 0.545. The molecule has 0 spiro atoms. The highest BCUT2D eigenvalue weighted by molar-refractivity contribution is 6.29. The molecule has 100 valence electrons. The summed E-state index contributed by atoms with van der Waals surface area (Å²) < 4.78 is 6.53. The molecule has 0 aromatic carbocycles. The molecule has 0 saturated heterocycles. The van der Waals surface area contributed by atoms with Crippen molar-refractivity contribution in [3.8, 4) is 0 Å². The summed E-state index contributed by atoms with van der Waals surface area (Å²) in [4.78, 5) is 24.5. The summed E-state index contributed by atoms with van der Waals surface area (Å²) in [6.07, 6.45) is -0.568. The van der Waals surface area contributed by atoms with Gasteiger partial charge in [0.1, 0.15) is 11.4 Å². The van der Waals surface area contributed by atoms with Crippen LogP contribution in [0.2, 0.25) is 5.15 Å². The first-order valence-corrected chi connectivity index (χ1v) is 5.70. The van der Waals surface area contributed by atoms with E-state index in [1.807, 2.05) is 0 Å². The van der Waals surface area contributed by atoms with Crippen LogP contribution >= 0.6 is 11.6 Å². The van der Waals surface area contributed by atoms with Crippen LogP contribution in [0.25, 0.3) is 0 Å². The first kappa shape index (κ1) is 14.5. The Balaban J connectivity index is 3.04. The van der Waals surface area contributed by atoms with Gasteiger partial charge in [-0.2, -0.15) is 5.10 Å². The molecule has 1 rings (SSSR count). The smallest absolute Gasteiger partial charge is 0.415 e. The van der Waals surface area contributed by atoms with Crippen molar-refractivity contribution in [2.75, 3.05) is 11.9 Å². The number of anilines is 1. The van der Waals surface area contributed by atoms with Crippen LogP contribution in [0.15, 0.2) is 10.9 Å². The van der Waals surface area contributed by atoms with Crippen molar-refractivity contribution in [1.29, 1.82) is 0 Å². The molecule has 0 fully saturated rings. The number of carbonyl (C=O) groups is 1. The first-order valence-electron chi connectivity index (χ1n) is 5.32. The van der Waals surface area contributed by atoms with Crippen LogP contribution in [0.1, 0.15) is 20.8 Å². The number of aromatic nitrogens is 2. The lowest BCUT2D eigenvalue weighted by Crippen LogP contribution is -2.36. The second-order valence-electron chi connectivity index (χ2n) is 4.82. The molecule has 1 aromatic heterocycles. The summed E-state index contributed by atoms with van der Waals surface area (Å²) in [5, 5.41) is 3.65. The molecule has 0 bridgehead atoms. The second-order valence-corrected chi connectivity index (χ2v) is 5.18. The van der Waals surface area contributed by atoms with Gasteiger partial charge >= 0.3 is 6.09 Å². The number of carbonyl (C=O) groups excluding carboxylic acids is 1. The van der Waals surface area contributed by atoms with Crippen LogP contribution < -0.4 is 10.3 Å². The minimum Gasteiger partial charge on any atom is -0.443 e. The minimum absolute atomic E-state index is 0.140. The zero-order chi connectivity index (χ0) is 14.1. The van der Waals surface area contributed by atoms with Crippen molar-refractivity contribution in [3.05, 3.63) is 21.4 Å². The maximum atomic E-state index is 11.8. The Labute approximate surface area is 110 Å². The number of nitrogens with zero attached hydrogens (tertiary/aromatic N) is 3. The van der Waals surface area contributed by atoms with Crippen molar-refractivity contribution in [2.45, 2.75) is 26.4 Å². The molecule has 6 nitrogen and oxygen atoms in total. The Morgan fingerprint density at radius 3 is 2.56 bits per heavy atom. The molecule has 0 radical (unpaired) electrons. The number of amides is 1. The van der Waals surface area contributed by atoms with Crippen LogP contribution in [0.4, 0.5) is 10.6 Å². The Morgan fingerprint density at radius 2 is 2.06 bits per heavy atom. The van der Waals surface area contributed by atoms with E-state index in [4.69, 9.17) is 16.3 Å². The van der Waals surface area contributed by atoms with Crippen molar-refractivity contribution in [3.63, 3.8) is 0 Å². The van der Waals surface area contributed by atoms with Gasteiger partial charge in [0.25, 0.3) is 0 Å². The Kier molecular flexibility index (Phi) is 4.01. The van der Waals surface area contributed by atoms with Gasteiger partial charge in [0, 0.05) is 20.2 Å². The predicted octanol–water partition coefficient (Wildman–Crippen LogP) is 1.80. The first-order chi connectivity index (χ1) is 8.11. The molecule has 0 unspecified atom stereocenters. The third kappa shape index (κ3) is 3.46. The van der Waals surface area contributed by atoms with Crippen molar-refractivity contribution < 1.29 is 9.53 Å². The third-order valence-electron chi connectivity index (χ3n) is 2.04. The summed E-state index contributed by atoms with van der Waals surface area (Å²) in [7, 11) is 3.08. The number of hydrogen-bond acceptors (Lipinski definition) is 4. The second kappa shape index (κ2) is 4.97. The molecule has 0 N–H and O–H groups in total. The van der Waals surface area contributed by atoms with E-state index in [9.17, 15) is 9.59 Å². The van der Waals surface area contributed by atoms with Gasteiger partial charge in [-0.15, -0.1) is 0 Å². The molecule has 1 heterocycles. The molecule has 0 aliphatic heterocycles. The van der Waals surface area contributed by atoms with Crippen molar-refractivity contribution in [1.82, 2.24) is 9.78 Å². The average molecular weight is 274 g/mol. The quantitative estimate of drug-likeness (QED) is 0.783. The summed E-state index contributed by atoms with van der Waals surface area (Å²) in [5.41, 5.74) is -1.05. The van der Waals surface area contributed by atoms with Gasteiger partial charge in [-0.3, -0.25) is 14.4 Å². The monoisotopic (exact) mass is 273 g/mol. The maximum absolute atomic E-state index is 11.8. The van der Waals surface area contributed by atoms with Crippen molar-refractivity contribution >= 4 is 23.5 Å². The van der Waals surface area contributed by atoms with E-state index in [1.165, 1.54) is 22.7 Å². The zero-order valence-corrected chi connectivity index (χ0v) is 11.8. The van der Waals surface area contributed by atoms with E-state index in [1.54, 1.807) is 27.8 Å². The number of rotatable bonds is 1. The fourth-order valence-corrected chi connectivity index (χ4v) is 1.41. The maximum Gasteiger partial charge on any atom is 0.415 e. The van der Waals surface area contributed by atoms with E-state index in [2.05, 4.69) is 5.10 Å². The normalized spacial score (nSPS) is 11.2. The van der Waals surface area contributed by atoms with E-state index >= 15 is 0 Å². The highest BCUT2D eigenvalue weighted by Crippen LogP contribution is 2.14. The summed E-state index contributed by atoms with van der Waals surface area (Å²) in [6, 6.07) is 1.24. The Morgan fingerprint density at radius 1 is 1.50 bits per heavy atom. The van der Waals surface area contributed by atoms with E-state index in [0.717, 1.165) is 0 Å². The molecular formula is C11H16ClN3O3. The Bertz CT molecular complexity index is 519. The minimum atomic E-state index is -0.607. The van der Waals surface area contributed by atoms with Gasteiger partial charge in [0.2, 0.25) is 5.43 Å². The van der Waals surface area contributed by atoms with Gasteiger partial charge < -0.3 is 4.74 Å². The highest BCUT2D eigenvalue weighted by atomic mass is 35.5. The summed E-state index contributed by atoms with van der Waals surface area (Å²) in [6.45, 7) is 5.29. The molecular weight excluding hydrogens is 258 g/mol.